The molecule has 24 heavy (non-hydrogen) atoms. The van der Waals surface area contributed by atoms with Crippen molar-refractivity contribution in [1.82, 2.24) is 10.6 Å². The summed E-state index contributed by atoms with van der Waals surface area (Å²) in [4.78, 5) is 15.3. The third-order valence-corrected chi connectivity index (χ3v) is 3.72. The van der Waals surface area contributed by atoms with E-state index in [0.717, 1.165) is 23.9 Å². The van der Waals surface area contributed by atoms with E-state index < -0.39 is 5.91 Å². The van der Waals surface area contributed by atoms with Gasteiger partial charge in [-0.15, -0.1) is 24.0 Å². The van der Waals surface area contributed by atoms with Crippen LogP contribution in [0.25, 0.3) is 0 Å². The molecule has 0 aliphatic rings. The van der Waals surface area contributed by atoms with E-state index >= 15 is 0 Å². The maximum Gasteiger partial charge on any atom is 0.248 e. The lowest BCUT2D eigenvalue weighted by Crippen LogP contribution is -2.41. The maximum absolute atomic E-state index is 11.1. The van der Waals surface area contributed by atoms with Gasteiger partial charge in [-0.25, -0.2) is 0 Å². The monoisotopic (exact) mass is 446 g/mol. The van der Waals surface area contributed by atoms with Crippen molar-refractivity contribution in [2.24, 2.45) is 16.6 Å². The highest BCUT2D eigenvalue weighted by Crippen LogP contribution is 2.08. The van der Waals surface area contributed by atoms with Gasteiger partial charge < -0.3 is 16.4 Å². The van der Waals surface area contributed by atoms with Crippen LogP contribution in [-0.2, 0) is 6.54 Å². The summed E-state index contributed by atoms with van der Waals surface area (Å²) in [5.74, 6) is 1.14. The lowest BCUT2D eigenvalue weighted by atomic mass is 10.0. The molecule has 0 bridgehead atoms. The van der Waals surface area contributed by atoms with Gasteiger partial charge in [0, 0.05) is 25.2 Å². The van der Waals surface area contributed by atoms with Crippen LogP contribution in [0.3, 0.4) is 0 Å². The van der Waals surface area contributed by atoms with Crippen LogP contribution in [0.5, 0.6) is 0 Å². The molecule has 0 heterocycles. The minimum Gasteiger partial charge on any atom is -0.366 e. The highest BCUT2D eigenvalue weighted by atomic mass is 127. The summed E-state index contributed by atoms with van der Waals surface area (Å²) in [7, 11) is 1.77. The molecule has 6 heteroatoms. The predicted molar refractivity (Wildman–Crippen MR) is 112 cm³/mol. The Hall–Kier alpha value is -1.31. The molecular weight excluding hydrogens is 415 g/mol. The average molecular weight is 446 g/mol. The highest BCUT2D eigenvalue weighted by Gasteiger charge is 2.06. The molecule has 0 saturated heterocycles. The first-order valence-corrected chi connectivity index (χ1v) is 8.28. The van der Waals surface area contributed by atoms with Gasteiger partial charge in [0.05, 0.1) is 0 Å². The summed E-state index contributed by atoms with van der Waals surface area (Å²) in [5.41, 5.74) is 6.83. The number of carbonyl (C=O) groups excluding carboxylic acids is 1. The normalized spacial score (nSPS) is 12.5. The van der Waals surface area contributed by atoms with Gasteiger partial charge in [0.25, 0.3) is 0 Å². The Morgan fingerprint density at radius 1 is 1.17 bits per heavy atom. The van der Waals surface area contributed by atoms with Gasteiger partial charge in [-0.3, -0.25) is 9.79 Å². The number of nitrogens with one attached hydrogen (secondary N) is 2. The van der Waals surface area contributed by atoms with E-state index in [9.17, 15) is 4.79 Å². The third-order valence-electron chi connectivity index (χ3n) is 3.72. The van der Waals surface area contributed by atoms with Crippen molar-refractivity contribution in [2.45, 2.75) is 52.6 Å². The van der Waals surface area contributed by atoms with Crippen molar-refractivity contribution in [1.29, 1.82) is 0 Å². The number of nitrogens with zero attached hydrogens (tertiary/aromatic N) is 1. The Kier molecular flexibility index (Phi) is 11.4. The number of rotatable bonds is 8. The molecule has 0 aliphatic heterocycles. The zero-order valence-corrected chi connectivity index (χ0v) is 17.5. The summed E-state index contributed by atoms with van der Waals surface area (Å²) in [6.07, 6.45) is 3.61. The summed E-state index contributed by atoms with van der Waals surface area (Å²) in [5, 5.41) is 6.69. The van der Waals surface area contributed by atoms with Gasteiger partial charge >= 0.3 is 0 Å². The van der Waals surface area contributed by atoms with Crippen molar-refractivity contribution in [3.05, 3.63) is 35.4 Å². The summed E-state index contributed by atoms with van der Waals surface area (Å²) in [6, 6.07) is 7.66. The number of guanidine groups is 1. The van der Waals surface area contributed by atoms with E-state index in [4.69, 9.17) is 5.73 Å². The molecule has 1 amide bonds. The quantitative estimate of drug-likeness (QED) is 0.326. The van der Waals surface area contributed by atoms with E-state index in [-0.39, 0.29) is 24.0 Å². The number of primary amides is 1. The minimum absolute atomic E-state index is 0. The fraction of sp³-hybridized carbons (Fsp3) is 0.556. The van der Waals surface area contributed by atoms with Crippen LogP contribution in [0.15, 0.2) is 29.3 Å². The molecule has 4 N–H and O–H groups in total. The highest BCUT2D eigenvalue weighted by molar-refractivity contribution is 14.0. The molecule has 1 unspecified atom stereocenters. The van der Waals surface area contributed by atoms with Crippen LogP contribution in [0.2, 0.25) is 0 Å². The van der Waals surface area contributed by atoms with Crippen LogP contribution in [0.4, 0.5) is 0 Å². The minimum atomic E-state index is -0.405. The molecule has 1 aromatic carbocycles. The van der Waals surface area contributed by atoms with Crippen LogP contribution in [0.1, 0.15) is 56.0 Å². The zero-order valence-electron chi connectivity index (χ0n) is 15.1. The fourth-order valence-corrected chi connectivity index (χ4v) is 2.31. The SMILES string of the molecule is CN=C(NCc1ccc(C(N)=O)cc1)NC(C)CCCC(C)C.I. The number of halogens is 1. The number of hydrogen-bond donors (Lipinski definition) is 3. The molecular formula is C18H31IN4O. The molecule has 1 aromatic rings. The molecule has 0 radical (unpaired) electrons. The summed E-state index contributed by atoms with van der Waals surface area (Å²) >= 11 is 0. The van der Waals surface area contributed by atoms with E-state index in [1.807, 2.05) is 12.1 Å². The van der Waals surface area contributed by atoms with Gasteiger partial charge in [-0.2, -0.15) is 0 Å². The Morgan fingerprint density at radius 2 is 1.79 bits per heavy atom. The van der Waals surface area contributed by atoms with Gasteiger partial charge in [0.15, 0.2) is 5.96 Å². The van der Waals surface area contributed by atoms with Crippen LogP contribution in [0, 0.1) is 5.92 Å². The number of aliphatic imine (C=N–C) groups is 1. The van der Waals surface area contributed by atoms with Crippen molar-refractivity contribution >= 4 is 35.8 Å². The molecule has 0 aromatic heterocycles. The first-order chi connectivity index (χ1) is 10.9. The Balaban J connectivity index is 0.00000529. The first kappa shape index (κ1) is 22.7. The smallest absolute Gasteiger partial charge is 0.248 e. The number of carbonyl (C=O) groups is 1. The van der Waals surface area contributed by atoms with Crippen molar-refractivity contribution in [3.63, 3.8) is 0 Å². The second-order valence-corrected chi connectivity index (χ2v) is 6.36. The summed E-state index contributed by atoms with van der Waals surface area (Å²) < 4.78 is 0. The van der Waals surface area contributed by atoms with Gasteiger partial charge in [-0.05, 0) is 37.0 Å². The Morgan fingerprint density at radius 3 is 2.29 bits per heavy atom. The lowest BCUT2D eigenvalue weighted by molar-refractivity contribution is 0.100. The molecule has 1 rings (SSSR count). The lowest BCUT2D eigenvalue weighted by Gasteiger charge is -2.18. The number of amides is 1. The predicted octanol–water partition coefficient (Wildman–Crippen LogP) is 3.28. The zero-order chi connectivity index (χ0) is 17.2. The van der Waals surface area contributed by atoms with E-state index in [2.05, 4.69) is 36.4 Å². The summed E-state index contributed by atoms with van der Waals surface area (Å²) in [6.45, 7) is 7.33. The van der Waals surface area contributed by atoms with Crippen molar-refractivity contribution < 1.29 is 4.79 Å². The number of hydrogen-bond acceptors (Lipinski definition) is 2. The number of benzene rings is 1. The van der Waals surface area contributed by atoms with Crippen LogP contribution >= 0.6 is 24.0 Å². The van der Waals surface area contributed by atoms with Gasteiger partial charge in [0.1, 0.15) is 0 Å². The molecule has 0 fully saturated rings. The Bertz CT molecular complexity index is 514. The van der Waals surface area contributed by atoms with E-state index in [1.165, 1.54) is 12.8 Å². The fourth-order valence-electron chi connectivity index (χ4n) is 2.31. The van der Waals surface area contributed by atoms with E-state index in [0.29, 0.717) is 18.2 Å². The number of nitrogens with two attached hydrogens (primary N) is 1. The largest absolute Gasteiger partial charge is 0.366 e. The Labute approximate surface area is 162 Å². The van der Waals surface area contributed by atoms with Crippen molar-refractivity contribution in [2.75, 3.05) is 7.05 Å². The van der Waals surface area contributed by atoms with Crippen LogP contribution in [-0.4, -0.2) is 25.0 Å². The molecule has 0 saturated carbocycles. The van der Waals surface area contributed by atoms with Crippen molar-refractivity contribution in [3.8, 4) is 0 Å². The van der Waals surface area contributed by atoms with Gasteiger partial charge in [0.2, 0.25) is 5.91 Å². The molecule has 5 nitrogen and oxygen atoms in total. The average Bonchev–Trinajstić information content (AvgIpc) is 2.51. The second-order valence-electron chi connectivity index (χ2n) is 6.36. The standard InChI is InChI=1S/C18H30N4O.HI/c1-13(2)6-5-7-14(3)22-18(20-4)21-12-15-8-10-16(11-9-15)17(19)23;/h8-11,13-14H,5-7,12H2,1-4H3,(H2,19,23)(H2,20,21,22);1H. The van der Waals surface area contributed by atoms with E-state index in [1.54, 1.807) is 19.2 Å². The second kappa shape index (κ2) is 12.1. The van der Waals surface area contributed by atoms with Crippen LogP contribution < -0.4 is 16.4 Å². The first-order valence-electron chi connectivity index (χ1n) is 8.28. The molecule has 0 spiro atoms. The van der Waals surface area contributed by atoms with Gasteiger partial charge in [-0.1, -0.05) is 38.8 Å². The molecule has 136 valence electrons. The third kappa shape index (κ3) is 9.10. The molecule has 1 atom stereocenters. The maximum atomic E-state index is 11.1. The topological polar surface area (TPSA) is 79.5 Å². The molecule has 0 aliphatic carbocycles.